The average molecular weight is 385 g/mol. The highest BCUT2D eigenvalue weighted by Crippen LogP contribution is 2.23. The lowest BCUT2D eigenvalue weighted by molar-refractivity contribution is 0.0467. The van der Waals surface area contributed by atoms with Gasteiger partial charge in [-0.15, -0.1) is 0 Å². The lowest BCUT2D eigenvalue weighted by Gasteiger charge is -2.39. The van der Waals surface area contributed by atoms with Crippen LogP contribution in [-0.2, 0) is 13.6 Å². The highest BCUT2D eigenvalue weighted by Gasteiger charge is 2.30. The van der Waals surface area contributed by atoms with Crippen molar-refractivity contribution < 1.29 is 9.53 Å². The van der Waals surface area contributed by atoms with Crippen LogP contribution in [0.5, 0.6) is 5.75 Å². The molecule has 1 aliphatic heterocycles. The molecule has 1 saturated heterocycles. The van der Waals surface area contributed by atoms with Crippen LogP contribution in [0.15, 0.2) is 30.3 Å². The van der Waals surface area contributed by atoms with E-state index in [1.807, 2.05) is 41.8 Å². The fraction of sp³-hybridized carbons (Fsp3) is 0.545. The molecule has 1 aromatic heterocycles. The highest BCUT2D eigenvalue weighted by molar-refractivity contribution is 5.92. The van der Waals surface area contributed by atoms with E-state index in [0.29, 0.717) is 24.8 Å². The molecule has 3 rings (SSSR count). The van der Waals surface area contributed by atoms with Crippen LogP contribution in [-0.4, -0.2) is 57.8 Å². The maximum absolute atomic E-state index is 13.0. The van der Waals surface area contributed by atoms with Crippen molar-refractivity contribution in [1.29, 1.82) is 0 Å². The zero-order valence-corrected chi connectivity index (χ0v) is 17.7. The maximum atomic E-state index is 13.0. The van der Waals surface area contributed by atoms with E-state index >= 15 is 0 Å². The molecule has 0 saturated carbocycles. The van der Waals surface area contributed by atoms with Crippen molar-refractivity contribution in [3.8, 4) is 5.75 Å². The summed E-state index contributed by atoms with van der Waals surface area (Å²) in [7, 11) is 1.91. The van der Waals surface area contributed by atoms with Gasteiger partial charge in [0.1, 0.15) is 5.75 Å². The third-order valence-corrected chi connectivity index (χ3v) is 5.37. The minimum absolute atomic E-state index is 0.0318. The van der Waals surface area contributed by atoms with Crippen molar-refractivity contribution in [2.45, 2.75) is 46.2 Å². The third kappa shape index (κ3) is 4.38. The molecule has 0 aliphatic carbocycles. The van der Waals surface area contributed by atoms with Gasteiger partial charge in [0.15, 0.2) is 5.69 Å². The Morgan fingerprint density at radius 1 is 1.29 bits per heavy atom. The Bertz CT molecular complexity index is 815. The van der Waals surface area contributed by atoms with E-state index in [1.165, 1.54) is 5.56 Å². The molecule has 6 nitrogen and oxygen atoms in total. The first-order valence-corrected chi connectivity index (χ1v) is 10.2. The summed E-state index contributed by atoms with van der Waals surface area (Å²) in [5.74, 6) is 1.33. The summed E-state index contributed by atoms with van der Waals surface area (Å²) >= 11 is 0. The fourth-order valence-corrected chi connectivity index (χ4v) is 3.92. The molecular weight excluding hydrogens is 352 g/mol. The number of hydrogen-bond acceptors (Lipinski definition) is 4. The van der Waals surface area contributed by atoms with Gasteiger partial charge in [-0.05, 0) is 31.9 Å². The molecular formula is C22H32N4O2. The second-order valence-corrected chi connectivity index (χ2v) is 7.86. The standard InChI is InChI=1S/C22H32N4O2/c1-6-28-21-10-8-7-9-18(21)15-25-11-12-26(17(4)14-25)22(27)19-13-20(16(2)3)24(5)23-19/h7-10,13,16-17H,6,11-12,14-15H2,1-5H3. The van der Waals surface area contributed by atoms with E-state index in [9.17, 15) is 4.79 Å². The van der Waals surface area contributed by atoms with Gasteiger partial charge in [-0.1, -0.05) is 32.0 Å². The molecule has 2 heterocycles. The number of piperazine rings is 1. The zero-order chi connectivity index (χ0) is 20.3. The monoisotopic (exact) mass is 384 g/mol. The van der Waals surface area contributed by atoms with Gasteiger partial charge in [-0.3, -0.25) is 14.4 Å². The van der Waals surface area contributed by atoms with Gasteiger partial charge in [-0.2, -0.15) is 5.10 Å². The number of rotatable bonds is 6. The van der Waals surface area contributed by atoms with Crippen molar-refractivity contribution in [2.75, 3.05) is 26.2 Å². The summed E-state index contributed by atoms with van der Waals surface area (Å²) in [6.07, 6.45) is 0. The number of hydrogen-bond donors (Lipinski definition) is 0. The van der Waals surface area contributed by atoms with Crippen LogP contribution in [0.1, 0.15) is 55.4 Å². The number of carbonyl (C=O) groups excluding carboxylic acids is 1. The fourth-order valence-electron chi connectivity index (χ4n) is 3.92. The molecule has 1 aromatic carbocycles. The smallest absolute Gasteiger partial charge is 0.274 e. The topological polar surface area (TPSA) is 50.6 Å². The lowest BCUT2D eigenvalue weighted by Crippen LogP contribution is -2.53. The average Bonchev–Trinajstić information content (AvgIpc) is 3.05. The van der Waals surface area contributed by atoms with Gasteiger partial charge in [-0.25, -0.2) is 0 Å². The number of nitrogens with zero attached hydrogens (tertiary/aromatic N) is 4. The Labute approximate surface area is 168 Å². The highest BCUT2D eigenvalue weighted by atomic mass is 16.5. The molecule has 1 fully saturated rings. The van der Waals surface area contributed by atoms with E-state index in [4.69, 9.17) is 4.74 Å². The summed E-state index contributed by atoms with van der Waals surface area (Å²) in [5.41, 5.74) is 2.83. The second-order valence-electron chi connectivity index (χ2n) is 7.86. The summed E-state index contributed by atoms with van der Waals surface area (Å²) in [4.78, 5) is 17.4. The number of carbonyl (C=O) groups is 1. The summed E-state index contributed by atoms with van der Waals surface area (Å²) < 4.78 is 7.58. The van der Waals surface area contributed by atoms with Crippen LogP contribution in [0, 0.1) is 0 Å². The van der Waals surface area contributed by atoms with Gasteiger partial charge in [0.2, 0.25) is 0 Å². The van der Waals surface area contributed by atoms with Gasteiger partial charge >= 0.3 is 0 Å². The minimum Gasteiger partial charge on any atom is -0.494 e. The molecule has 1 aliphatic rings. The molecule has 1 unspecified atom stereocenters. The molecule has 6 heteroatoms. The zero-order valence-electron chi connectivity index (χ0n) is 17.7. The van der Waals surface area contributed by atoms with E-state index in [2.05, 4.69) is 42.9 Å². The minimum atomic E-state index is 0.0318. The number of para-hydroxylation sites is 1. The van der Waals surface area contributed by atoms with Gasteiger partial charge in [0.25, 0.3) is 5.91 Å². The van der Waals surface area contributed by atoms with Crippen molar-refractivity contribution in [1.82, 2.24) is 19.6 Å². The predicted molar refractivity (Wildman–Crippen MR) is 111 cm³/mol. The van der Waals surface area contributed by atoms with Gasteiger partial charge in [0.05, 0.1) is 6.61 Å². The first kappa shape index (κ1) is 20.4. The van der Waals surface area contributed by atoms with Crippen molar-refractivity contribution in [3.63, 3.8) is 0 Å². The van der Waals surface area contributed by atoms with Crippen LogP contribution in [0.4, 0.5) is 0 Å². The Kier molecular flexibility index (Phi) is 6.39. The normalized spacial score (nSPS) is 17.9. The predicted octanol–water partition coefficient (Wildman–Crippen LogP) is 3.29. The molecule has 152 valence electrons. The molecule has 0 spiro atoms. The summed E-state index contributed by atoms with van der Waals surface area (Å²) in [6, 6.07) is 10.3. The summed E-state index contributed by atoms with van der Waals surface area (Å²) in [5, 5.41) is 4.46. The van der Waals surface area contributed by atoms with E-state index in [-0.39, 0.29) is 11.9 Å². The molecule has 0 radical (unpaired) electrons. The SMILES string of the molecule is CCOc1ccccc1CN1CCN(C(=O)c2cc(C(C)C)n(C)n2)C(C)C1. The van der Waals surface area contributed by atoms with Crippen LogP contribution >= 0.6 is 0 Å². The van der Waals surface area contributed by atoms with Gasteiger partial charge < -0.3 is 9.64 Å². The van der Waals surface area contributed by atoms with E-state index in [0.717, 1.165) is 31.1 Å². The largest absolute Gasteiger partial charge is 0.494 e. The lowest BCUT2D eigenvalue weighted by atomic mass is 10.1. The van der Waals surface area contributed by atoms with Crippen molar-refractivity contribution >= 4 is 5.91 Å². The Hall–Kier alpha value is -2.34. The number of benzene rings is 1. The maximum Gasteiger partial charge on any atom is 0.274 e. The number of amides is 1. The molecule has 1 amide bonds. The Balaban J connectivity index is 1.65. The number of aryl methyl sites for hydroxylation is 1. The first-order valence-electron chi connectivity index (χ1n) is 10.2. The van der Waals surface area contributed by atoms with Gasteiger partial charge in [0, 0.05) is 50.5 Å². The van der Waals surface area contributed by atoms with E-state index < -0.39 is 0 Å². The molecule has 0 bridgehead atoms. The number of aromatic nitrogens is 2. The molecule has 2 aromatic rings. The first-order chi connectivity index (χ1) is 13.4. The van der Waals surface area contributed by atoms with Crippen LogP contribution in [0.25, 0.3) is 0 Å². The summed E-state index contributed by atoms with van der Waals surface area (Å²) in [6.45, 7) is 12.3. The molecule has 0 N–H and O–H groups in total. The quantitative estimate of drug-likeness (QED) is 0.767. The second kappa shape index (κ2) is 8.78. The number of ether oxygens (including phenoxy) is 1. The van der Waals surface area contributed by atoms with Crippen molar-refractivity contribution in [3.05, 3.63) is 47.3 Å². The van der Waals surface area contributed by atoms with Crippen molar-refractivity contribution in [2.24, 2.45) is 7.05 Å². The van der Waals surface area contributed by atoms with Crippen LogP contribution in [0.3, 0.4) is 0 Å². The Morgan fingerprint density at radius 3 is 2.68 bits per heavy atom. The Morgan fingerprint density at radius 2 is 2.04 bits per heavy atom. The molecule has 28 heavy (non-hydrogen) atoms. The van der Waals surface area contributed by atoms with Crippen LogP contribution < -0.4 is 4.74 Å². The van der Waals surface area contributed by atoms with Crippen LogP contribution in [0.2, 0.25) is 0 Å². The van der Waals surface area contributed by atoms with E-state index in [1.54, 1.807) is 0 Å². The molecule has 1 atom stereocenters. The third-order valence-electron chi connectivity index (χ3n) is 5.37.